The molecule has 1 fully saturated rings. The summed E-state index contributed by atoms with van der Waals surface area (Å²) in [5, 5.41) is 11.2. The zero-order chi connectivity index (χ0) is 24.2. The van der Waals surface area contributed by atoms with Crippen molar-refractivity contribution in [2.75, 3.05) is 4.90 Å². The van der Waals surface area contributed by atoms with E-state index in [1.54, 1.807) is 36.4 Å². The molecule has 0 spiro atoms. The van der Waals surface area contributed by atoms with E-state index in [1.165, 1.54) is 30.3 Å². The molecule has 0 bridgehead atoms. The van der Waals surface area contributed by atoms with Gasteiger partial charge in [0.1, 0.15) is 23.7 Å². The minimum atomic E-state index is -1.06. The molecule has 0 aliphatic carbocycles. The highest BCUT2D eigenvalue weighted by atomic mass is 19.1. The van der Waals surface area contributed by atoms with E-state index < -0.39 is 29.6 Å². The Morgan fingerprint density at radius 2 is 1.74 bits per heavy atom. The lowest BCUT2D eigenvalue weighted by Crippen LogP contribution is -2.54. The zero-order valence-electron chi connectivity index (χ0n) is 17.5. The molecule has 8 nitrogen and oxygen atoms in total. The number of nitrogens with zero attached hydrogens (tertiary/aromatic N) is 1. The molecule has 34 heavy (non-hydrogen) atoms. The number of carboxylic acids is 1. The van der Waals surface area contributed by atoms with Crippen molar-refractivity contribution in [2.45, 2.75) is 6.61 Å². The Hall–Kier alpha value is -4.79. The summed E-state index contributed by atoms with van der Waals surface area (Å²) in [5.74, 6) is -3.02. The van der Waals surface area contributed by atoms with Gasteiger partial charge < -0.3 is 9.84 Å². The number of anilines is 1. The number of barbiturate groups is 1. The van der Waals surface area contributed by atoms with Crippen LogP contribution in [-0.4, -0.2) is 28.9 Å². The molecule has 3 aromatic rings. The Bertz CT molecular complexity index is 1330. The first-order valence-electron chi connectivity index (χ1n) is 10.0. The highest BCUT2D eigenvalue weighted by Gasteiger charge is 2.37. The number of benzene rings is 3. The van der Waals surface area contributed by atoms with Gasteiger partial charge in [-0.25, -0.2) is 18.9 Å². The lowest BCUT2D eigenvalue weighted by Gasteiger charge is -2.26. The number of ether oxygens (including phenoxy) is 1. The van der Waals surface area contributed by atoms with Crippen molar-refractivity contribution >= 4 is 35.6 Å². The van der Waals surface area contributed by atoms with Crippen LogP contribution < -0.4 is 15.0 Å². The maximum Gasteiger partial charge on any atom is 0.335 e. The second-order valence-electron chi connectivity index (χ2n) is 7.27. The standard InChI is InChI=1S/C25H17FN2O6/c26-18-8-10-19(11-9-18)28-23(30)20(22(29)27-25(28)33)13-16-5-1-2-7-21(16)34-14-15-4-3-6-17(12-15)24(31)32/h1-13H,14H2,(H,31,32)(H,27,29,33)/b20-13+. The van der Waals surface area contributed by atoms with Crippen LogP contribution in [0.4, 0.5) is 14.9 Å². The van der Waals surface area contributed by atoms with Crippen molar-refractivity contribution in [3.8, 4) is 5.75 Å². The molecule has 0 unspecified atom stereocenters. The molecule has 4 amide bonds. The molecule has 4 rings (SSSR count). The molecule has 1 saturated heterocycles. The van der Waals surface area contributed by atoms with Crippen LogP contribution in [0.15, 0.2) is 78.4 Å². The summed E-state index contributed by atoms with van der Waals surface area (Å²) in [4.78, 5) is 49.6. The minimum absolute atomic E-state index is 0.0433. The highest BCUT2D eigenvalue weighted by molar-refractivity contribution is 6.39. The average molecular weight is 460 g/mol. The SMILES string of the molecule is O=C1NC(=O)N(c2ccc(F)cc2)C(=O)/C1=C/c1ccccc1OCc1cccc(C(=O)O)c1. The van der Waals surface area contributed by atoms with Crippen LogP contribution in [0.1, 0.15) is 21.5 Å². The Morgan fingerprint density at radius 3 is 2.47 bits per heavy atom. The van der Waals surface area contributed by atoms with Gasteiger partial charge in [0.2, 0.25) is 0 Å². The molecule has 1 aliphatic rings. The number of rotatable bonds is 6. The number of amides is 4. The van der Waals surface area contributed by atoms with Gasteiger partial charge in [0.25, 0.3) is 11.8 Å². The van der Waals surface area contributed by atoms with Crippen LogP contribution in [0.25, 0.3) is 6.08 Å². The Balaban J connectivity index is 1.62. The van der Waals surface area contributed by atoms with Crippen molar-refractivity contribution in [1.29, 1.82) is 0 Å². The molecule has 170 valence electrons. The molecule has 1 heterocycles. The van der Waals surface area contributed by atoms with Gasteiger partial charge in [0, 0.05) is 5.56 Å². The molecule has 0 aromatic heterocycles. The zero-order valence-corrected chi connectivity index (χ0v) is 17.5. The second-order valence-corrected chi connectivity index (χ2v) is 7.27. The lowest BCUT2D eigenvalue weighted by molar-refractivity contribution is -0.122. The van der Waals surface area contributed by atoms with E-state index in [4.69, 9.17) is 9.84 Å². The number of carbonyl (C=O) groups excluding carboxylic acids is 3. The third-order valence-corrected chi connectivity index (χ3v) is 4.97. The van der Waals surface area contributed by atoms with Gasteiger partial charge in [-0.3, -0.25) is 14.9 Å². The number of nitrogens with one attached hydrogen (secondary N) is 1. The number of urea groups is 1. The van der Waals surface area contributed by atoms with Gasteiger partial charge in [-0.2, -0.15) is 0 Å². The second kappa shape index (κ2) is 9.37. The van der Waals surface area contributed by atoms with Crippen molar-refractivity contribution in [2.24, 2.45) is 0 Å². The van der Waals surface area contributed by atoms with E-state index in [2.05, 4.69) is 5.32 Å². The van der Waals surface area contributed by atoms with E-state index in [0.29, 0.717) is 16.9 Å². The van der Waals surface area contributed by atoms with E-state index >= 15 is 0 Å². The number of para-hydroxylation sites is 1. The summed E-state index contributed by atoms with van der Waals surface area (Å²) in [6.07, 6.45) is 1.30. The Labute approximate surface area is 192 Å². The van der Waals surface area contributed by atoms with E-state index in [-0.39, 0.29) is 23.4 Å². The maximum atomic E-state index is 13.3. The van der Waals surface area contributed by atoms with Crippen LogP contribution in [0, 0.1) is 5.82 Å². The molecule has 1 aliphatic heterocycles. The quantitative estimate of drug-likeness (QED) is 0.428. The van der Waals surface area contributed by atoms with Crippen LogP contribution in [0.5, 0.6) is 5.75 Å². The minimum Gasteiger partial charge on any atom is -0.488 e. The Morgan fingerprint density at radius 1 is 1.00 bits per heavy atom. The normalized spacial score (nSPS) is 14.8. The summed E-state index contributed by atoms with van der Waals surface area (Å²) >= 11 is 0. The van der Waals surface area contributed by atoms with Crippen molar-refractivity contribution in [3.63, 3.8) is 0 Å². The van der Waals surface area contributed by atoms with Crippen molar-refractivity contribution in [3.05, 3.63) is 101 Å². The molecule has 3 aromatic carbocycles. The van der Waals surface area contributed by atoms with Crippen LogP contribution in [0.3, 0.4) is 0 Å². The highest BCUT2D eigenvalue weighted by Crippen LogP contribution is 2.26. The monoisotopic (exact) mass is 460 g/mol. The van der Waals surface area contributed by atoms with Crippen LogP contribution in [0.2, 0.25) is 0 Å². The molecule has 0 atom stereocenters. The smallest absolute Gasteiger partial charge is 0.335 e. The first kappa shape index (κ1) is 22.4. The summed E-state index contributed by atoms with van der Waals surface area (Å²) in [6, 6.07) is 16.6. The molecule has 9 heteroatoms. The summed E-state index contributed by atoms with van der Waals surface area (Å²) < 4.78 is 19.1. The van der Waals surface area contributed by atoms with E-state index in [9.17, 15) is 23.6 Å². The summed E-state index contributed by atoms with van der Waals surface area (Å²) in [6.45, 7) is 0.0433. The summed E-state index contributed by atoms with van der Waals surface area (Å²) in [7, 11) is 0. The number of hydrogen-bond acceptors (Lipinski definition) is 5. The third kappa shape index (κ3) is 4.68. The van der Waals surface area contributed by atoms with Gasteiger partial charge in [-0.15, -0.1) is 0 Å². The fraction of sp³-hybridized carbons (Fsp3) is 0.0400. The van der Waals surface area contributed by atoms with Gasteiger partial charge in [-0.1, -0.05) is 30.3 Å². The largest absolute Gasteiger partial charge is 0.488 e. The maximum absolute atomic E-state index is 13.3. The number of carbonyl (C=O) groups is 4. The fourth-order valence-electron chi connectivity index (χ4n) is 3.32. The first-order valence-corrected chi connectivity index (χ1v) is 10.0. The molecule has 2 N–H and O–H groups in total. The van der Waals surface area contributed by atoms with Crippen LogP contribution >= 0.6 is 0 Å². The Kier molecular flexibility index (Phi) is 6.18. The predicted molar refractivity (Wildman–Crippen MR) is 120 cm³/mol. The number of carboxylic acid groups (broad SMARTS) is 1. The van der Waals surface area contributed by atoms with Gasteiger partial charge in [0.05, 0.1) is 11.3 Å². The van der Waals surface area contributed by atoms with Gasteiger partial charge in [0.15, 0.2) is 0 Å². The molecular formula is C25H17FN2O6. The first-order chi connectivity index (χ1) is 16.3. The van der Waals surface area contributed by atoms with Gasteiger partial charge in [-0.05, 0) is 54.1 Å². The van der Waals surface area contributed by atoms with Crippen molar-refractivity contribution < 1.29 is 33.4 Å². The van der Waals surface area contributed by atoms with Crippen molar-refractivity contribution in [1.82, 2.24) is 5.32 Å². The number of aromatic carboxylic acids is 1. The fourth-order valence-corrected chi connectivity index (χ4v) is 3.32. The number of halogens is 1. The molecule has 0 saturated carbocycles. The third-order valence-electron chi connectivity index (χ3n) is 4.97. The van der Waals surface area contributed by atoms with Gasteiger partial charge >= 0.3 is 12.0 Å². The molecular weight excluding hydrogens is 443 g/mol. The lowest BCUT2D eigenvalue weighted by atomic mass is 10.1. The molecule has 0 radical (unpaired) electrons. The number of hydrogen-bond donors (Lipinski definition) is 2. The van der Waals surface area contributed by atoms with Crippen LogP contribution in [-0.2, 0) is 16.2 Å². The van der Waals surface area contributed by atoms with E-state index in [0.717, 1.165) is 17.0 Å². The topological polar surface area (TPSA) is 113 Å². The number of imide groups is 2. The average Bonchev–Trinajstić information content (AvgIpc) is 2.82. The van der Waals surface area contributed by atoms with E-state index in [1.807, 2.05) is 0 Å². The summed E-state index contributed by atoms with van der Waals surface area (Å²) in [5.41, 5.74) is 0.912. The predicted octanol–water partition coefficient (Wildman–Crippen LogP) is 3.77.